The summed E-state index contributed by atoms with van der Waals surface area (Å²) in [6.45, 7) is 4.03. The van der Waals surface area contributed by atoms with Crippen molar-refractivity contribution < 1.29 is 9.53 Å². The van der Waals surface area contributed by atoms with Gasteiger partial charge in [-0.3, -0.25) is 4.98 Å². The Hall–Kier alpha value is -2.88. The van der Waals surface area contributed by atoms with Crippen molar-refractivity contribution >= 4 is 16.9 Å². The molecule has 3 rings (SSSR count). The van der Waals surface area contributed by atoms with Gasteiger partial charge in [0.05, 0.1) is 24.0 Å². The molecule has 0 aliphatic carbocycles. The van der Waals surface area contributed by atoms with Crippen LogP contribution in [0.15, 0.2) is 66.6 Å². The molecule has 3 aromatic rings. The van der Waals surface area contributed by atoms with Crippen LogP contribution in [0, 0.1) is 0 Å². The van der Waals surface area contributed by atoms with Crippen LogP contribution >= 0.6 is 0 Å². The van der Waals surface area contributed by atoms with Crippen LogP contribution < -0.4 is 0 Å². The van der Waals surface area contributed by atoms with Gasteiger partial charge >= 0.3 is 5.97 Å². The molecule has 4 heteroatoms. The fourth-order valence-electron chi connectivity index (χ4n) is 2.93. The van der Waals surface area contributed by atoms with Crippen LogP contribution in [0.5, 0.6) is 0 Å². The van der Waals surface area contributed by atoms with Crippen molar-refractivity contribution in [3.05, 3.63) is 72.2 Å². The third-order valence-electron chi connectivity index (χ3n) is 4.18. The second kappa shape index (κ2) is 7.79. The Labute approximate surface area is 147 Å². The largest absolute Gasteiger partial charge is 0.463 e. The molecule has 0 atom stereocenters. The maximum atomic E-state index is 11.7. The fraction of sp³-hybridized carbons (Fsp3) is 0.238. The van der Waals surface area contributed by atoms with Crippen LogP contribution in [0.2, 0.25) is 0 Å². The average Bonchev–Trinajstić information content (AvgIpc) is 3.01. The summed E-state index contributed by atoms with van der Waals surface area (Å²) in [4.78, 5) is 15.9. The average molecular weight is 334 g/mol. The molecule has 0 bridgehead atoms. The third kappa shape index (κ3) is 3.79. The van der Waals surface area contributed by atoms with E-state index >= 15 is 0 Å². The number of fused-ring (bicyclic) bond motifs is 1. The van der Waals surface area contributed by atoms with Gasteiger partial charge in [-0.1, -0.05) is 24.3 Å². The van der Waals surface area contributed by atoms with E-state index in [2.05, 4.69) is 33.9 Å². The van der Waals surface area contributed by atoms with Crippen LogP contribution in [0.3, 0.4) is 0 Å². The predicted octanol–water partition coefficient (Wildman–Crippen LogP) is 4.47. The number of hydrogen-bond acceptors (Lipinski definition) is 3. The monoisotopic (exact) mass is 334 g/mol. The summed E-state index contributed by atoms with van der Waals surface area (Å²) >= 11 is 0. The number of nitrogens with zero attached hydrogens (tertiary/aromatic N) is 2. The van der Waals surface area contributed by atoms with E-state index in [9.17, 15) is 4.79 Å². The van der Waals surface area contributed by atoms with Gasteiger partial charge in [-0.05, 0) is 50.5 Å². The fourth-order valence-corrected chi connectivity index (χ4v) is 2.93. The van der Waals surface area contributed by atoms with Gasteiger partial charge in [0.25, 0.3) is 0 Å². The van der Waals surface area contributed by atoms with Crippen molar-refractivity contribution in [1.29, 1.82) is 0 Å². The minimum absolute atomic E-state index is 0.236. The molecule has 0 aliphatic rings. The van der Waals surface area contributed by atoms with Crippen LogP contribution in [0.4, 0.5) is 0 Å². The highest BCUT2D eigenvalue weighted by Gasteiger charge is 2.09. The summed E-state index contributed by atoms with van der Waals surface area (Å²) in [6.07, 6.45) is 9.42. The quantitative estimate of drug-likeness (QED) is 0.493. The Morgan fingerprint density at radius 1 is 1.24 bits per heavy atom. The number of allylic oxidation sites excluding steroid dienone is 1. The smallest absolute Gasteiger partial charge is 0.333 e. The number of benzene rings is 1. The molecule has 25 heavy (non-hydrogen) atoms. The lowest BCUT2D eigenvalue weighted by Crippen LogP contribution is -2.05. The summed E-state index contributed by atoms with van der Waals surface area (Å²) in [5.41, 5.74) is 4.13. The Morgan fingerprint density at radius 3 is 2.84 bits per heavy atom. The van der Waals surface area contributed by atoms with Crippen molar-refractivity contribution in [3.63, 3.8) is 0 Å². The molecule has 0 amide bonds. The SMILES string of the molecule is CCOC(=O)/C(C)=C\CCc1cn(-c2cccnc2)c2ccccc12. The van der Waals surface area contributed by atoms with Gasteiger partial charge in [0.1, 0.15) is 0 Å². The number of aryl methyl sites for hydroxylation is 1. The standard InChI is InChI=1S/C21H22N2O2/c1-3-25-21(24)16(2)8-6-9-17-15-23(18-10-7-13-22-14-18)20-12-5-4-11-19(17)20/h4-5,7-8,10-15H,3,6,9H2,1-2H3/b16-8-. The van der Waals surface area contributed by atoms with Gasteiger partial charge < -0.3 is 9.30 Å². The molecule has 0 N–H and O–H groups in total. The van der Waals surface area contributed by atoms with Crippen LogP contribution in [-0.4, -0.2) is 22.1 Å². The lowest BCUT2D eigenvalue weighted by molar-refractivity contribution is -0.138. The summed E-state index contributed by atoms with van der Waals surface area (Å²) in [5, 5.41) is 1.23. The topological polar surface area (TPSA) is 44.1 Å². The maximum absolute atomic E-state index is 11.7. The molecular weight excluding hydrogens is 312 g/mol. The van der Waals surface area contributed by atoms with Crippen molar-refractivity contribution in [3.8, 4) is 5.69 Å². The van der Waals surface area contributed by atoms with Gasteiger partial charge in [0.2, 0.25) is 0 Å². The Balaban J connectivity index is 1.85. The van der Waals surface area contributed by atoms with E-state index in [1.54, 1.807) is 13.1 Å². The maximum Gasteiger partial charge on any atom is 0.333 e. The number of pyridine rings is 1. The van der Waals surface area contributed by atoms with Crippen LogP contribution in [0.1, 0.15) is 25.8 Å². The first-order chi connectivity index (χ1) is 12.2. The molecule has 2 heterocycles. The summed E-state index contributed by atoms with van der Waals surface area (Å²) in [7, 11) is 0. The number of carbonyl (C=O) groups excluding carboxylic acids is 1. The van der Waals surface area contributed by atoms with Gasteiger partial charge in [0.15, 0.2) is 0 Å². The van der Waals surface area contributed by atoms with Crippen molar-refractivity contribution in [1.82, 2.24) is 9.55 Å². The molecular formula is C21H22N2O2. The Kier molecular flexibility index (Phi) is 5.29. The number of rotatable bonds is 6. The van der Waals surface area contributed by atoms with Crippen molar-refractivity contribution in [2.45, 2.75) is 26.7 Å². The number of ether oxygens (including phenoxy) is 1. The number of esters is 1. The van der Waals surface area contributed by atoms with Gasteiger partial charge in [-0.25, -0.2) is 4.79 Å². The molecule has 1 aromatic carbocycles. The molecule has 0 saturated carbocycles. The lowest BCUT2D eigenvalue weighted by Gasteiger charge is -2.03. The molecule has 0 aliphatic heterocycles. The number of carbonyl (C=O) groups is 1. The minimum Gasteiger partial charge on any atom is -0.463 e. The zero-order chi connectivity index (χ0) is 17.6. The van der Waals surface area contributed by atoms with Gasteiger partial charge in [0, 0.05) is 23.4 Å². The van der Waals surface area contributed by atoms with E-state index in [1.807, 2.05) is 37.4 Å². The van der Waals surface area contributed by atoms with Gasteiger partial charge in [-0.2, -0.15) is 0 Å². The molecule has 0 radical (unpaired) electrons. The molecule has 2 aromatic heterocycles. The summed E-state index contributed by atoms with van der Waals surface area (Å²) in [5.74, 6) is -0.236. The van der Waals surface area contributed by atoms with E-state index in [-0.39, 0.29) is 5.97 Å². The van der Waals surface area contributed by atoms with Crippen LogP contribution in [0.25, 0.3) is 16.6 Å². The molecule has 0 spiro atoms. The van der Waals surface area contributed by atoms with Crippen molar-refractivity contribution in [2.24, 2.45) is 0 Å². The number of hydrogen-bond donors (Lipinski definition) is 0. The second-order valence-electron chi connectivity index (χ2n) is 5.90. The Bertz CT molecular complexity index is 895. The van der Waals surface area contributed by atoms with Crippen LogP contribution in [-0.2, 0) is 16.0 Å². The van der Waals surface area contributed by atoms with Gasteiger partial charge in [-0.15, -0.1) is 0 Å². The highest BCUT2D eigenvalue weighted by Crippen LogP contribution is 2.25. The normalized spacial score (nSPS) is 11.7. The lowest BCUT2D eigenvalue weighted by atomic mass is 10.1. The first-order valence-corrected chi connectivity index (χ1v) is 8.54. The van der Waals surface area contributed by atoms with E-state index in [0.29, 0.717) is 12.2 Å². The molecule has 0 saturated heterocycles. The number of aromatic nitrogens is 2. The summed E-state index contributed by atoms with van der Waals surface area (Å²) < 4.78 is 7.19. The van der Waals surface area contributed by atoms with E-state index in [0.717, 1.165) is 24.0 Å². The second-order valence-corrected chi connectivity index (χ2v) is 5.90. The minimum atomic E-state index is -0.236. The third-order valence-corrected chi connectivity index (χ3v) is 4.18. The van der Waals surface area contributed by atoms with Crippen molar-refractivity contribution in [2.75, 3.05) is 6.61 Å². The first kappa shape index (κ1) is 17.0. The Morgan fingerprint density at radius 2 is 2.08 bits per heavy atom. The molecule has 4 nitrogen and oxygen atoms in total. The molecule has 0 fully saturated rings. The highest BCUT2D eigenvalue weighted by molar-refractivity contribution is 5.88. The number of para-hydroxylation sites is 1. The zero-order valence-electron chi connectivity index (χ0n) is 14.6. The molecule has 0 unspecified atom stereocenters. The predicted molar refractivity (Wildman–Crippen MR) is 99.8 cm³/mol. The zero-order valence-corrected chi connectivity index (χ0v) is 14.6. The summed E-state index contributed by atoms with van der Waals surface area (Å²) in [6, 6.07) is 12.3. The van der Waals surface area contributed by atoms with E-state index < -0.39 is 0 Å². The van der Waals surface area contributed by atoms with E-state index in [1.165, 1.54) is 10.9 Å². The first-order valence-electron chi connectivity index (χ1n) is 8.54. The highest BCUT2D eigenvalue weighted by atomic mass is 16.5. The van der Waals surface area contributed by atoms with E-state index in [4.69, 9.17) is 4.74 Å². The molecule has 128 valence electrons.